The van der Waals surface area contributed by atoms with Crippen molar-refractivity contribution in [2.75, 3.05) is 26.0 Å². The highest BCUT2D eigenvalue weighted by Crippen LogP contribution is 2.46. The fourth-order valence-corrected chi connectivity index (χ4v) is 4.09. The monoisotopic (exact) mass is 471 g/mol. The van der Waals surface area contributed by atoms with Gasteiger partial charge in [-0.25, -0.2) is 4.79 Å². The summed E-state index contributed by atoms with van der Waals surface area (Å²) in [5, 5.41) is 7.46. The van der Waals surface area contributed by atoms with E-state index in [1.807, 2.05) is 44.2 Å². The molecule has 3 amide bonds. The van der Waals surface area contributed by atoms with Gasteiger partial charge in [0.15, 0.2) is 0 Å². The number of carbonyl (C=O) groups excluding carboxylic acids is 3. The van der Waals surface area contributed by atoms with E-state index in [0.717, 1.165) is 5.56 Å². The Bertz CT molecular complexity index is 764. The lowest BCUT2D eigenvalue weighted by Gasteiger charge is -2.22. The summed E-state index contributed by atoms with van der Waals surface area (Å²) in [7, 11) is -3.46. The van der Waals surface area contributed by atoms with Crippen LogP contribution in [0.4, 0.5) is 4.79 Å². The zero-order valence-corrected chi connectivity index (χ0v) is 20.0. The standard InChI is InChI=1S/C21H34N3O7P/c1-5-30-32(28,31-6-2)15-23-20(26)18(12-16(3)4)24-19(25)13-22-21(27)29-14-17-10-8-7-9-11-17/h7-11,16,18H,5-6,12-15H2,1-4H3,(H,22,27)(H,23,26)(H,24,25)/t18-/m0/s1. The zero-order valence-electron chi connectivity index (χ0n) is 19.1. The first-order valence-corrected chi connectivity index (χ1v) is 12.3. The van der Waals surface area contributed by atoms with Gasteiger partial charge in [-0.05, 0) is 31.7 Å². The summed E-state index contributed by atoms with van der Waals surface area (Å²) in [6, 6.07) is 8.25. The molecule has 0 spiro atoms. The Balaban J connectivity index is 2.54. The molecule has 32 heavy (non-hydrogen) atoms. The largest absolute Gasteiger partial charge is 0.445 e. The lowest BCUT2D eigenvalue weighted by Crippen LogP contribution is -2.50. The maximum atomic E-state index is 12.6. The minimum absolute atomic E-state index is 0.0758. The average Bonchev–Trinajstić information content (AvgIpc) is 2.75. The molecule has 0 saturated carbocycles. The van der Waals surface area contributed by atoms with Crippen LogP contribution in [0.3, 0.4) is 0 Å². The number of hydrogen-bond donors (Lipinski definition) is 3. The van der Waals surface area contributed by atoms with Gasteiger partial charge in [0.25, 0.3) is 0 Å². The zero-order chi connectivity index (χ0) is 24.0. The molecule has 0 radical (unpaired) electrons. The summed E-state index contributed by atoms with van der Waals surface area (Å²) in [6.07, 6.45) is -0.700. The molecule has 3 N–H and O–H groups in total. The molecule has 0 fully saturated rings. The van der Waals surface area contributed by atoms with E-state index >= 15 is 0 Å². The SMILES string of the molecule is CCOP(=O)(CNC(=O)[C@H](CC(C)C)NC(=O)CNC(=O)OCc1ccccc1)OCC. The molecular weight excluding hydrogens is 437 g/mol. The van der Waals surface area contributed by atoms with Crippen LogP contribution in [0, 0.1) is 5.92 Å². The molecule has 0 bridgehead atoms. The van der Waals surface area contributed by atoms with Crippen LogP contribution in [0.15, 0.2) is 30.3 Å². The van der Waals surface area contributed by atoms with Gasteiger partial charge in [0.1, 0.15) is 25.5 Å². The molecule has 0 saturated heterocycles. The van der Waals surface area contributed by atoms with E-state index < -0.39 is 31.5 Å². The predicted octanol–water partition coefficient (Wildman–Crippen LogP) is 2.78. The summed E-state index contributed by atoms with van der Waals surface area (Å²) in [6.45, 7) is 7.21. The van der Waals surface area contributed by atoms with Crippen LogP contribution in [0.2, 0.25) is 0 Å². The maximum Gasteiger partial charge on any atom is 0.407 e. The third-order valence-corrected chi connectivity index (χ3v) is 5.91. The highest BCUT2D eigenvalue weighted by molar-refractivity contribution is 7.53. The fraction of sp³-hybridized carbons (Fsp3) is 0.571. The second kappa shape index (κ2) is 14.6. The van der Waals surface area contributed by atoms with E-state index in [9.17, 15) is 18.9 Å². The van der Waals surface area contributed by atoms with Crippen molar-refractivity contribution < 1.29 is 32.7 Å². The Morgan fingerprint density at radius 2 is 1.62 bits per heavy atom. The van der Waals surface area contributed by atoms with Crippen LogP contribution < -0.4 is 16.0 Å². The van der Waals surface area contributed by atoms with Crippen molar-refractivity contribution in [3.8, 4) is 0 Å². The van der Waals surface area contributed by atoms with Crippen molar-refractivity contribution in [3.05, 3.63) is 35.9 Å². The number of alkyl carbamates (subject to hydrolysis) is 1. The molecule has 0 aromatic heterocycles. The molecule has 11 heteroatoms. The van der Waals surface area contributed by atoms with Gasteiger partial charge < -0.3 is 29.7 Å². The van der Waals surface area contributed by atoms with E-state index in [1.54, 1.807) is 13.8 Å². The molecule has 0 aliphatic rings. The number of amides is 3. The Morgan fingerprint density at radius 1 is 1.00 bits per heavy atom. The number of ether oxygens (including phenoxy) is 1. The number of rotatable bonds is 14. The van der Waals surface area contributed by atoms with Gasteiger partial charge in [-0.15, -0.1) is 0 Å². The Labute approximate surface area is 189 Å². The molecule has 1 atom stereocenters. The first-order valence-electron chi connectivity index (χ1n) is 10.6. The third-order valence-electron chi connectivity index (χ3n) is 4.06. The Hall–Kier alpha value is -2.42. The van der Waals surface area contributed by atoms with E-state index in [1.165, 1.54) is 0 Å². The van der Waals surface area contributed by atoms with Crippen molar-refractivity contribution in [1.29, 1.82) is 0 Å². The summed E-state index contributed by atoms with van der Waals surface area (Å²) in [5.74, 6) is -0.973. The second-order valence-electron chi connectivity index (χ2n) is 7.31. The maximum absolute atomic E-state index is 12.6. The molecule has 10 nitrogen and oxygen atoms in total. The molecule has 1 aromatic rings. The first-order chi connectivity index (χ1) is 15.2. The number of benzene rings is 1. The summed E-state index contributed by atoms with van der Waals surface area (Å²) in [5.41, 5.74) is 0.817. The molecule has 0 unspecified atom stereocenters. The fourth-order valence-electron chi connectivity index (χ4n) is 2.69. The van der Waals surface area contributed by atoms with Crippen LogP contribution in [-0.2, 0) is 34.5 Å². The van der Waals surface area contributed by atoms with Crippen LogP contribution in [0.25, 0.3) is 0 Å². The Kier molecular flexibility index (Phi) is 12.6. The number of carbonyl (C=O) groups is 3. The summed E-state index contributed by atoms with van der Waals surface area (Å²) < 4.78 is 27.9. The second-order valence-corrected chi connectivity index (χ2v) is 9.36. The molecule has 1 rings (SSSR count). The van der Waals surface area contributed by atoms with Crippen molar-refractivity contribution >= 4 is 25.5 Å². The summed E-state index contributed by atoms with van der Waals surface area (Å²) >= 11 is 0. The Morgan fingerprint density at radius 3 is 2.19 bits per heavy atom. The van der Waals surface area contributed by atoms with E-state index in [4.69, 9.17) is 13.8 Å². The predicted molar refractivity (Wildman–Crippen MR) is 120 cm³/mol. The lowest BCUT2D eigenvalue weighted by molar-refractivity contribution is -0.128. The highest BCUT2D eigenvalue weighted by atomic mass is 31.2. The smallest absolute Gasteiger partial charge is 0.407 e. The molecule has 0 aliphatic heterocycles. The molecule has 1 aromatic carbocycles. The van der Waals surface area contributed by atoms with Crippen LogP contribution >= 0.6 is 7.60 Å². The van der Waals surface area contributed by atoms with Gasteiger partial charge in [0.05, 0.1) is 13.2 Å². The van der Waals surface area contributed by atoms with Crippen LogP contribution in [0.5, 0.6) is 0 Å². The van der Waals surface area contributed by atoms with Gasteiger partial charge in [-0.1, -0.05) is 44.2 Å². The van der Waals surface area contributed by atoms with E-state index in [0.29, 0.717) is 6.42 Å². The topological polar surface area (TPSA) is 132 Å². The molecule has 180 valence electrons. The van der Waals surface area contributed by atoms with Crippen molar-refractivity contribution in [1.82, 2.24) is 16.0 Å². The van der Waals surface area contributed by atoms with Crippen molar-refractivity contribution in [2.24, 2.45) is 5.92 Å². The minimum atomic E-state index is -3.46. The van der Waals surface area contributed by atoms with Crippen molar-refractivity contribution in [2.45, 2.75) is 46.8 Å². The summed E-state index contributed by atoms with van der Waals surface area (Å²) in [4.78, 5) is 36.7. The number of nitrogens with one attached hydrogen (secondary N) is 3. The lowest BCUT2D eigenvalue weighted by atomic mass is 10.0. The van der Waals surface area contributed by atoms with Gasteiger partial charge >= 0.3 is 13.7 Å². The van der Waals surface area contributed by atoms with Gasteiger partial charge in [0.2, 0.25) is 11.8 Å². The third kappa shape index (κ3) is 11.3. The quantitative estimate of drug-likeness (QED) is 0.356. The average molecular weight is 471 g/mol. The van der Waals surface area contributed by atoms with Crippen LogP contribution in [-0.4, -0.2) is 50.0 Å². The van der Waals surface area contributed by atoms with Crippen LogP contribution in [0.1, 0.15) is 39.7 Å². The minimum Gasteiger partial charge on any atom is -0.445 e. The highest BCUT2D eigenvalue weighted by Gasteiger charge is 2.28. The first kappa shape index (κ1) is 27.6. The van der Waals surface area contributed by atoms with Gasteiger partial charge in [-0.2, -0.15) is 0 Å². The van der Waals surface area contributed by atoms with E-state index in [-0.39, 0.29) is 38.6 Å². The van der Waals surface area contributed by atoms with Gasteiger partial charge in [-0.3, -0.25) is 14.2 Å². The normalized spacial score (nSPS) is 12.2. The molecule has 0 aliphatic carbocycles. The number of hydrogen-bond acceptors (Lipinski definition) is 7. The van der Waals surface area contributed by atoms with E-state index in [2.05, 4.69) is 16.0 Å². The van der Waals surface area contributed by atoms with Crippen molar-refractivity contribution in [3.63, 3.8) is 0 Å². The molecular formula is C21H34N3O7P. The molecule has 0 heterocycles. The van der Waals surface area contributed by atoms with Gasteiger partial charge in [0, 0.05) is 0 Å².